The van der Waals surface area contributed by atoms with Crippen LogP contribution in [0, 0.1) is 0 Å². The molecule has 50 valence electrons. The Morgan fingerprint density at radius 1 is 1.22 bits per heavy atom. The first kappa shape index (κ1) is 8.51. The highest BCUT2D eigenvalue weighted by Crippen LogP contribution is 2.02. The third-order valence-electron chi connectivity index (χ3n) is 0.774. The summed E-state index contributed by atoms with van der Waals surface area (Å²) in [6.07, 6.45) is 9.44. The summed E-state index contributed by atoms with van der Waals surface area (Å²) in [5.74, 6) is 0. The van der Waals surface area contributed by atoms with Crippen LogP contribution in [-0.4, -0.2) is 0 Å². The molecule has 0 saturated carbocycles. The lowest BCUT2D eigenvalue weighted by atomic mass is 10.4. The van der Waals surface area contributed by atoms with E-state index >= 15 is 0 Å². The molecule has 0 N–H and O–H groups in total. The van der Waals surface area contributed by atoms with Gasteiger partial charge >= 0.3 is 0 Å². The van der Waals surface area contributed by atoms with E-state index < -0.39 is 0 Å². The molecule has 0 aromatic carbocycles. The van der Waals surface area contributed by atoms with Gasteiger partial charge in [-0.05, 0) is 26.0 Å². The maximum atomic E-state index is 5.68. The summed E-state index contributed by atoms with van der Waals surface area (Å²) in [7, 11) is 0. The second-order valence-corrected chi connectivity index (χ2v) is 2.01. The first-order valence-electron chi connectivity index (χ1n) is 2.92. The summed E-state index contributed by atoms with van der Waals surface area (Å²) in [6.45, 7) is 3.89. The fourth-order valence-corrected chi connectivity index (χ4v) is 0.602. The minimum absolute atomic E-state index is 0.760. The summed E-state index contributed by atoms with van der Waals surface area (Å²) in [6, 6.07) is 0. The number of rotatable bonds is 2. The first-order chi connectivity index (χ1) is 4.31. The van der Waals surface area contributed by atoms with Gasteiger partial charge in [0.15, 0.2) is 0 Å². The van der Waals surface area contributed by atoms with Gasteiger partial charge in [-0.3, -0.25) is 0 Å². The van der Waals surface area contributed by atoms with Crippen molar-refractivity contribution >= 4 is 11.6 Å². The van der Waals surface area contributed by atoms with Crippen molar-refractivity contribution in [2.45, 2.75) is 13.8 Å². The standard InChI is InChI=1S/C8H11Cl/c1-3-5-7-8(9)6-4-2/h3-7H,1-2H3/b5-3+,6-4+,8-7+. The van der Waals surface area contributed by atoms with Crippen LogP contribution in [0.15, 0.2) is 35.4 Å². The third kappa shape index (κ3) is 5.38. The Bertz CT molecular complexity index is 141. The van der Waals surface area contributed by atoms with Crippen LogP contribution in [0.3, 0.4) is 0 Å². The van der Waals surface area contributed by atoms with Crippen LogP contribution in [0.25, 0.3) is 0 Å². The molecule has 0 rings (SSSR count). The molecular formula is C8H11Cl. The van der Waals surface area contributed by atoms with Crippen LogP contribution in [0.5, 0.6) is 0 Å². The molecule has 0 spiro atoms. The maximum absolute atomic E-state index is 5.68. The molecular weight excluding hydrogens is 132 g/mol. The van der Waals surface area contributed by atoms with Gasteiger partial charge in [-0.2, -0.15) is 0 Å². The maximum Gasteiger partial charge on any atom is 0.0402 e. The van der Waals surface area contributed by atoms with E-state index in [1.54, 1.807) is 0 Å². The predicted octanol–water partition coefficient (Wildman–Crippen LogP) is 3.26. The normalized spacial score (nSPS) is 13.9. The van der Waals surface area contributed by atoms with Crippen LogP contribution >= 0.6 is 11.6 Å². The average molecular weight is 143 g/mol. The highest BCUT2D eigenvalue weighted by molar-refractivity contribution is 6.31. The molecule has 0 fully saturated rings. The van der Waals surface area contributed by atoms with Gasteiger partial charge in [-0.15, -0.1) is 0 Å². The molecule has 0 amide bonds. The van der Waals surface area contributed by atoms with Crippen LogP contribution in [-0.2, 0) is 0 Å². The van der Waals surface area contributed by atoms with E-state index in [9.17, 15) is 0 Å². The zero-order valence-corrected chi connectivity index (χ0v) is 6.52. The highest BCUT2D eigenvalue weighted by Gasteiger charge is 1.76. The Labute approximate surface area is 61.5 Å². The minimum atomic E-state index is 0.760. The second kappa shape index (κ2) is 5.64. The zero-order valence-electron chi connectivity index (χ0n) is 5.76. The van der Waals surface area contributed by atoms with Gasteiger partial charge in [0.25, 0.3) is 0 Å². The smallest absolute Gasteiger partial charge is 0.0402 e. The quantitative estimate of drug-likeness (QED) is 0.520. The Hall–Kier alpha value is -0.490. The molecule has 0 nitrogen and oxygen atoms in total. The van der Waals surface area contributed by atoms with Gasteiger partial charge in [-0.1, -0.05) is 29.8 Å². The fourth-order valence-electron chi connectivity index (χ4n) is 0.403. The molecule has 0 radical (unpaired) electrons. The van der Waals surface area contributed by atoms with Crippen LogP contribution in [0.1, 0.15) is 13.8 Å². The van der Waals surface area contributed by atoms with Crippen molar-refractivity contribution in [2.75, 3.05) is 0 Å². The largest absolute Gasteiger partial charge is 0.0876 e. The van der Waals surface area contributed by atoms with Gasteiger partial charge in [0, 0.05) is 5.03 Å². The molecule has 0 aromatic rings. The van der Waals surface area contributed by atoms with Crippen molar-refractivity contribution in [3.63, 3.8) is 0 Å². The van der Waals surface area contributed by atoms with E-state index in [0.29, 0.717) is 0 Å². The highest BCUT2D eigenvalue weighted by atomic mass is 35.5. The molecule has 0 aliphatic heterocycles. The van der Waals surface area contributed by atoms with Crippen molar-refractivity contribution in [3.05, 3.63) is 35.4 Å². The molecule has 0 saturated heterocycles. The number of hydrogen-bond acceptors (Lipinski definition) is 0. The van der Waals surface area contributed by atoms with E-state index in [4.69, 9.17) is 11.6 Å². The summed E-state index contributed by atoms with van der Waals surface area (Å²) >= 11 is 5.68. The van der Waals surface area contributed by atoms with E-state index in [1.165, 1.54) is 0 Å². The van der Waals surface area contributed by atoms with Gasteiger partial charge in [0.2, 0.25) is 0 Å². The molecule has 0 heterocycles. The first-order valence-corrected chi connectivity index (χ1v) is 3.30. The van der Waals surface area contributed by atoms with E-state index in [0.717, 1.165) is 5.03 Å². The van der Waals surface area contributed by atoms with Crippen molar-refractivity contribution in [1.29, 1.82) is 0 Å². The SMILES string of the molecule is C/C=C/C=C(Cl)\C=C\C. The second-order valence-electron chi connectivity index (χ2n) is 1.58. The fraction of sp³-hybridized carbons (Fsp3) is 0.250. The van der Waals surface area contributed by atoms with Crippen molar-refractivity contribution in [3.8, 4) is 0 Å². The van der Waals surface area contributed by atoms with Crippen molar-refractivity contribution in [1.82, 2.24) is 0 Å². The van der Waals surface area contributed by atoms with E-state index in [1.807, 2.05) is 44.2 Å². The molecule has 0 unspecified atom stereocenters. The summed E-state index contributed by atoms with van der Waals surface area (Å²) in [5.41, 5.74) is 0. The van der Waals surface area contributed by atoms with Gasteiger partial charge < -0.3 is 0 Å². The minimum Gasteiger partial charge on any atom is -0.0876 e. The third-order valence-corrected chi connectivity index (χ3v) is 1.03. The Balaban J connectivity index is 3.84. The average Bonchev–Trinajstić information content (AvgIpc) is 1.85. The number of hydrogen-bond donors (Lipinski definition) is 0. The van der Waals surface area contributed by atoms with E-state index in [2.05, 4.69) is 0 Å². The lowest BCUT2D eigenvalue weighted by Gasteiger charge is -1.80. The number of allylic oxidation sites excluding steroid dienone is 6. The Morgan fingerprint density at radius 2 is 1.89 bits per heavy atom. The topological polar surface area (TPSA) is 0 Å². The summed E-state index contributed by atoms with van der Waals surface area (Å²) < 4.78 is 0. The molecule has 0 aromatic heterocycles. The molecule has 1 heteroatoms. The molecule has 0 bridgehead atoms. The van der Waals surface area contributed by atoms with Crippen molar-refractivity contribution in [2.24, 2.45) is 0 Å². The predicted molar refractivity (Wildman–Crippen MR) is 43.6 cm³/mol. The summed E-state index contributed by atoms with van der Waals surface area (Å²) in [4.78, 5) is 0. The van der Waals surface area contributed by atoms with Crippen LogP contribution in [0.4, 0.5) is 0 Å². The van der Waals surface area contributed by atoms with Crippen molar-refractivity contribution < 1.29 is 0 Å². The van der Waals surface area contributed by atoms with Gasteiger partial charge in [0.1, 0.15) is 0 Å². The number of halogens is 1. The van der Waals surface area contributed by atoms with Gasteiger partial charge in [0.05, 0.1) is 0 Å². The monoisotopic (exact) mass is 142 g/mol. The lowest BCUT2D eigenvalue weighted by Crippen LogP contribution is -1.58. The molecule has 9 heavy (non-hydrogen) atoms. The van der Waals surface area contributed by atoms with E-state index in [-0.39, 0.29) is 0 Å². The zero-order chi connectivity index (χ0) is 7.11. The Kier molecular flexibility index (Phi) is 5.34. The van der Waals surface area contributed by atoms with Gasteiger partial charge in [-0.25, -0.2) is 0 Å². The molecule has 0 aliphatic carbocycles. The molecule has 0 aliphatic rings. The molecule has 0 atom stereocenters. The lowest BCUT2D eigenvalue weighted by molar-refractivity contribution is 1.68. The van der Waals surface area contributed by atoms with Crippen LogP contribution < -0.4 is 0 Å². The Morgan fingerprint density at radius 3 is 2.33 bits per heavy atom. The summed E-state index contributed by atoms with van der Waals surface area (Å²) in [5, 5.41) is 0.760. The van der Waals surface area contributed by atoms with Crippen LogP contribution in [0.2, 0.25) is 0 Å².